The van der Waals surface area contributed by atoms with Gasteiger partial charge in [0, 0.05) is 6.20 Å². The minimum absolute atomic E-state index is 0.460. The highest BCUT2D eigenvalue weighted by Crippen LogP contribution is 2.39. The third-order valence-corrected chi connectivity index (χ3v) is 5.70. The molecule has 3 rings (SSSR count). The molecule has 0 aliphatic heterocycles. The van der Waals surface area contributed by atoms with Gasteiger partial charge in [-0.3, -0.25) is 4.98 Å². The van der Waals surface area contributed by atoms with Crippen molar-refractivity contribution in [1.29, 1.82) is 0 Å². The van der Waals surface area contributed by atoms with Crippen LogP contribution in [0.2, 0.25) is 0 Å². The molecule has 1 heterocycles. The molecule has 0 N–H and O–H groups in total. The predicted octanol–water partition coefficient (Wildman–Crippen LogP) is 2.20. The van der Waals surface area contributed by atoms with Gasteiger partial charge in [-0.05, 0) is 49.7 Å². The first kappa shape index (κ1) is 13.2. The maximum absolute atomic E-state index is 6.49. The number of rotatable bonds is 4. The summed E-state index contributed by atoms with van der Waals surface area (Å²) in [5.41, 5.74) is 0. The largest absolute Gasteiger partial charge is 0.488 e. The molecule has 3 heteroatoms. The van der Waals surface area contributed by atoms with E-state index in [1.54, 1.807) is 0 Å². The summed E-state index contributed by atoms with van der Waals surface area (Å²) in [6.45, 7) is 0. The van der Waals surface area contributed by atoms with E-state index in [0.29, 0.717) is 6.10 Å². The van der Waals surface area contributed by atoms with E-state index in [4.69, 9.17) is 4.74 Å². The van der Waals surface area contributed by atoms with Gasteiger partial charge in [0.2, 0.25) is 0 Å². The molecule has 0 radical (unpaired) electrons. The lowest BCUT2D eigenvalue weighted by Crippen LogP contribution is -2.34. The zero-order valence-electron chi connectivity index (χ0n) is 12.0. The Labute approximate surface area is 119 Å². The van der Waals surface area contributed by atoms with E-state index in [2.05, 4.69) is 11.1 Å². The summed E-state index contributed by atoms with van der Waals surface area (Å²) < 4.78 is 6.49. The molecule has 2 nitrogen and oxygen atoms in total. The molecule has 0 amide bonds. The van der Waals surface area contributed by atoms with Crippen molar-refractivity contribution in [2.75, 3.05) is 0 Å². The maximum Gasteiger partial charge on any atom is 0.135 e. The Bertz CT molecular complexity index is 395. The second-order valence-corrected chi connectivity index (χ2v) is 7.21. The highest BCUT2D eigenvalue weighted by Gasteiger charge is 2.35. The molecule has 104 valence electrons. The van der Waals surface area contributed by atoms with Gasteiger partial charge in [0.05, 0.1) is 15.6 Å². The Morgan fingerprint density at radius 2 is 1.63 bits per heavy atom. The van der Waals surface area contributed by atoms with Crippen LogP contribution in [0.15, 0.2) is 18.3 Å². The van der Waals surface area contributed by atoms with Crippen molar-refractivity contribution < 1.29 is 4.74 Å². The maximum atomic E-state index is 6.49. The van der Waals surface area contributed by atoms with E-state index in [1.165, 1.54) is 56.7 Å². The quantitative estimate of drug-likeness (QED) is 0.786. The fourth-order valence-electron chi connectivity index (χ4n) is 3.89. The highest BCUT2D eigenvalue weighted by molar-refractivity contribution is 6.32. The minimum atomic E-state index is 0.460. The molecule has 0 saturated heterocycles. The van der Waals surface area contributed by atoms with Gasteiger partial charge in [0.15, 0.2) is 0 Å². The fraction of sp³-hybridized carbons (Fsp3) is 0.688. The van der Waals surface area contributed by atoms with Crippen molar-refractivity contribution in [2.24, 2.45) is 11.8 Å². The molecule has 19 heavy (non-hydrogen) atoms. The summed E-state index contributed by atoms with van der Waals surface area (Å²) >= 11 is 0. The fourth-order valence-corrected chi connectivity index (χ4v) is 4.32. The summed E-state index contributed by atoms with van der Waals surface area (Å²) in [4.78, 5) is 4.42. The lowest BCUT2D eigenvalue weighted by molar-refractivity contribution is 0.0795. The second-order valence-electron chi connectivity index (χ2n) is 6.26. The van der Waals surface area contributed by atoms with Crippen LogP contribution in [0.25, 0.3) is 0 Å². The predicted molar refractivity (Wildman–Crippen MR) is 82.1 cm³/mol. The third kappa shape index (κ3) is 3.02. The van der Waals surface area contributed by atoms with Crippen LogP contribution in [0.3, 0.4) is 0 Å². The zero-order chi connectivity index (χ0) is 13.1. The Morgan fingerprint density at radius 3 is 2.16 bits per heavy atom. The average molecular weight is 275 g/mol. The number of nitrogens with zero attached hydrogens (tertiary/aromatic N) is 1. The van der Waals surface area contributed by atoms with Crippen LogP contribution >= 0.6 is 0 Å². The van der Waals surface area contributed by atoms with Crippen LogP contribution in [0.1, 0.15) is 51.4 Å². The van der Waals surface area contributed by atoms with E-state index >= 15 is 0 Å². The van der Waals surface area contributed by atoms with Crippen LogP contribution in [0.5, 0.6) is 5.75 Å². The first-order valence-corrected chi connectivity index (χ1v) is 8.93. The molecule has 2 aliphatic carbocycles. The molecular weight excluding hydrogens is 250 g/mol. The van der Waals surface area contributed by atoms with E-state index in [9.17, 15) is 0 Å². The molecule has 0 spiro atoms. The SMILES string of the molecule is [SiH3]c1ncccc1OC(C1CCCC1)C1CCCC1. The standard InChI is InChI=1S/C16H25NOSi/c19-16-14(10-5-11-17-16)18-15(12-6-1-2-7-12)13-8-3-4-9-13/h5,10-13,15H,1-4,6-9H2,19H3. The summed E-state index contributed by atoms with van der Waals surface area (Å²) in [5.74, 6) is 2.66. The van der Waals surface area contributed by atoms with Gasteiger partial charge in [-0.25, -0.2) is 0 Å². The minimum Gasteiger partial charge on any atom is -0.488 e. The molecule has 0 unspecified atom stereocenters. The summed E-state index contributed by atoms with van der Waals surface area (Å²) in [6.07, 6.45) is 13.4. The lowest BCUT2D eigenvalue weighted by Gasteiger charge is -2.30. The molecular formula is C16H25NOSi. The van der Waals surface area contributed by atoms with Crippen LogP contribution in [-0.2, 0) is 0 Å². The molecule has 2 saturated carbocycles. The Kier molecular flexibility index (Phi) is 4.21. The average Bonchev–Trinajstić information content (AvgIpc) is 3.11. The van der Waals surface area contributed by atoms with E-state index in [1.807, 2.05) is 12.3 Å². The van der Waals surface area contributed by atoms with E-state index in [0.717, 1.165) is 27.8 Å². The number of hydrogen-bond donors (Lipinski definition) is 0. The second kappa shape index (κ2) is 6.08. The summed E-state index contributed by atoms with van der Waals surface area (Å²) in [5, 5.41) is 1.17. The topological polar surface area (TPSA) is 22.1 Å². The van der Waals surface area contributed by atoms with Crippen molar-refractivity contribution in [2.45, 2.75) is 57.5 Å². The smallest absolute Gasteiger partial charge is 0.135 e. The van der Waals surface area contributed by atoms with Gasteiger partial charge < -0.3 is 4.74 Å². The van der Waals surface area contributed by atoms with Crippen LogP contribution in [0, 0.1) is 11.8 Å². The zero-order valence-corrected chi connectivity index (χ0v) is 14.0. The number of pyridine rings is 1. The van der Waals surface area contributed by atoms with Crippen molar-refractivity contribution in [3.05, 3.63) is 18.3 Å². The van der Waals surface area contributed by atoms with Crippen LogP contribution in [0.4, 0.5) is 0 Å². The van der Waals surface area contributed by atoms with Gasteiger partial charge >= 0.3 is 0 Å². The van der Waals surface area contributed by atoms with Gasteiger partial charge in [-0.15, -0.1) is 0 Å². The highest BCUT2D eigenvalue weighted by atomic mass is 28.1. The third-order valence-electron chi connectivity index (χ3n) is 4.95. The Balaban J connectivity index is 1.76. The van der Waals surface area contributed by atoms with Gasteiger partial charge in [0.1, 0.15) is 11.9 Å². The molecule has 0 aromatic carbocycles. The van der Waals surface area contributed by atoms with Gasteiger partial charge in [-0.1, -0.05) is 25.7 Å². The lowest BCUT2D eigenvalue weighted by atomic mass is 9.88. The van der Waals surface area contributed by atoms with Crippen LogP contribution in [-0.4, -0.2) is 21.3 Å². The monoisotopic (exact) mass is 275 g/mol. The molecule has 2 aliphatic rings. The number of ether oxygens (including phenoxy) is 1. The number of hydrogen-bond acceptors (Lipinski definition) is 2. The van der Waals surface area contributed by atoms with Crippen LogP contribution < -0.4 is 10.1 Å². The molecule has 1 aromatic heterocycles. The van der Waals surface area contributed by atoms with Crippen molar-refractivity contribution in [1.82, 2.24) is 4.98 Å². The normalized spacial score (nSPS) is 21.5. The molecule has 2 fully saturated rings. The van der Waals surface area contributed by atoms with Gasteiger partial charge in [-0.2, -0.15) is 0 Å². The van der Waals surface area contributed by atoms with Gasteiger partial charge in [0.25, 0.3) is 0 Å². The molecule has 0 atom stereocenters. The molecule has 1 aromatic rings. The Morgan fingerprint density at radius 1 is 1.05 bits per heavy atom. The molecule has 0 bridgehead atoms. The van der Waals surface area contributed by atoms with E-state index in [-0.39, 0.29) is 0 Å². The van der Waals surface area contributed by atoms with E-state index < -0.39 is 0 Å². The summed E-state index contributed by atoms with van der Waals surface area (Å²) in [7, 11) is 0.974. The van der Waals surface area contributed by atoms with Crippen molar-refractivity contribution in [3.63, 3.8) is 0 Å². The van der Waals surface area contributed by atoms with Crippen molar-refractivity contribution >= 4 is 15.6 Å². The first-order valence-electron chi connectivity index (χ1n) is 7.93. The Hall–Kier alpha value is -0.833. The summed E-state index contributed by atoms with van der Waals surface area (Å²) in [6, 6.07) is 4.13. The number of aromatic nitrogens is 1. The van der Waals surface area contributed by atoms with Crippen molar-refractivity contribution in [3.8, 4) is 5.75 Å². The first-order chi connectivity index (χ1) is 9.34.